The van der Waals surface area contributed by atoms with Crippen molar-refractivity contribution in [3.8, 4) is 0 Å². The second kappa shape index (κ2) is 5.12. The Morgan fingerprint density at radius 3 is 2.83 bits per heavy atom. The zero-order valence-corrected chi connectivity index (χ0v) is 10.6. The summed E-state index contributed by atoms with van der Waals surface area (Å²) in [6.45, 7) is 0. The van der Waals surface area contributed by atoms with Gasteiger partial charge in [-0.15, -0.1) is 0 Å². The molecular weight excluding hydrogens is 248 g/mol. The van der Waals surface area contributed by atoms with Crippen LogP contribution in [0.4, 0.5) is 0 Å². The van der Waals surface area contributed by atoms with Gasteiger partial charge in [-0.1, -0.05) is 35.5 Å². The van der Waals surface area contributed by atoms with Crippen molar-refractivity contribution in [3.63, 3.8) is 0 Å². The summed E-state index contributed by atoms with van der Waals surface area (Å²) in [4.78, 5) is 4.39. The zero-order valence-electron chi connectivity index (χ0n) is 9.82. The Hall–Kier alpha value is -1.33. The van der Waals surface area contributed by atoms with Crippen molar-refractivity contribution in [3.05, 3.63) is 47.6 Å². The number of aliphatic hydroxyl groups excluding tert-OH is 1. The molecule has 0 radical (unpaired) electrons. The van der Waals surface area contributed by atoms with Crippen LogP contribution in [0.25, 0.3) is 0 Å². The molecule has 4 nitrogen and oxygen atoms in total. The van der Waals surface area contributed by atoms with Gasteiger partial charge in [-0.2, -0.15) is 16.7 Å². The van der Waals surface area contributed by atoms with E-state index in [0.29, 0.717) is 18.1 Å². The largest absolute Gasteiger partial charge is 0.391 e. The van der Waals surface area contributed by atoms with Crippen LogP contribution in [0.2, 0.25) is 0 Å². The lowest BCUT2D eigenvalue weighted by Crippen LogP contribution is -2.15. The van der Waals surface area contributed by atoms with Gasteiger partial charge in [-0.25, -0.2) is 0 Å². The van der Waals surface area contributed by atoms with Gasteiger partial charge in [0.25, 0.3) is 0 Å². The Kier molecular flexibility index (Phi) is 3.34. The van der Waals surface area contributed by atoms with E-state index >= 15 is 0 Å². The number of hydrogen-bond donors (Lipinski definition) is 1. The summed E-state index contributed by atoms with van der Waals surface area (Å²) in [5, 5.41) is 13.8. The normalized spacial score (nSPS) is 23.4. The van der Waals surface area contributed by atoms with Crippen LogP contribution in [0, 0.1) is 0 Å². The highest BCUT2D eigenvalue weighted by molar-refractivity contribution is 7.99. The molecular formula is C13H14N2O2S. The van der Waals surface area contributed by atoms with E-state index in [1.807, 2.05) is 30.3 Å². The molecule has 3 rings (SSSR count). The van der Waals surface area contributed by atoms with Crippen molar-refractivity contribution < 1.29 is 9.63 Å². The van der Waals surface area contributed by atoms with Gasteiger partial charge in [0.05, 0.1) is 12.0 Å². The molecule has 1 aliphatic heterocycles. The maximum Gasteiger partial charge on any atom is 0.233 e. The molecule has 0 amide bonds. The van der Waals surface area contributed by atoms with E-state index < -0.39 is 0 Å². The summed E-state index contributed by atoms with van der Waals surface area (Å²) >= 11 is 1.72. The number of aromatic nitrogens is 2. The van der Waals surface area contributed by atoms with Crippen molar-refractivity contribution in [1.29, 1.82) is 0 Å². The smallest absolute Gasteiger partial charge is 0.233 e. The molecule has 1 aromatic carbocycles. The van der Waals surface area contributed by atoms with E-state index in [2.05, 4.69) is 10.1 Å². The molecule has 0 spiro atoms. The molecule has 1 fully saturated rings. The van der Waals surface area contributed by atoms with Crippen LogP contribution in [-0.2, 0) is 6.42 Å². The van der Waals surface area contributed by atoms with Crippen molar-refractivity contribution in [2.24, 2.45) is 0 Å². The maximum atomic E-state index is 9.79. The SMILES string of the molecule is OC1CSCC1c1nc(Cc2ccccc2)no1. The minimum Gasteiger partial charge on any atom is -0.391 e. The van der Waals surface area contributed by atoms with Crippen molar-refractivity contribution in [2.75, 3.05) is 11.5 Å². The number of aliphatic hydroxyl groups is 1. The fraction of sp³-hybridized carbons (Fsp3) is 0.385. The van der Waals surface area contributed by atoms with Crippen LogP contribution in [0.1, 0.15) is 23.2 Å². The predicted molar refractivity (Wildman–Crippen MR) is 69.6 cm³/mol. The first-order valence-corrected chi connectivity index (χ1v) is 7.10. The summed E-state index contributed by atoms with van der Waals surface area (Å²) in [6, 6.07) is 10.0. The highest BCUT2D eigenvalue weighted by Gasteiger charge is 2.31. The molecule has 1 saturated heterocycles. The first-order valence-electron chi connectivity index (χ1n) is 5.95. The fourth-order valence-electron chi connectivity index (χ4n) is 2.05. The number of rotatable bonds is 3. The molecule has 2 atom stereocenters. The van der Waals surface area contributed by atoms with Gasteiger partial charge < -0.3 is 9.63 Å². The topological polar surface area (TPSA) is 59.2 Å². The van der Waals surface area contributed by atoms with Crippen LogP contribution in [-0.4, -0.2) is 32.9 Å². The van der Waals surface area contributed by atoms with Crippen LogP contribution >= 0.6 is 11.8 Å². The van der Waals surface area contributed by atoms with Gasteiger partial charge >= 0.3 is 0 Å². The second-order valence-electron chi connectivity index (χ2n) is 4.42. The Bertz CT molecular complexity index is 515. The third-order valence-corrected chi connectivity index (χ3v) is 4.23. The minimum absolute atomic E-state index is 0.00739. The first kappa shape index (κ1) is 11.7. The maximum absolute atomic E-state index is 9.79. The van der Waals surface area contributed by atoms with Gasteiger partial charge in [0.1, 0.15) is 0 Å². The molecule has 18 heavy (non-hydrogen) atoms. The van der Waals surface area contributed by atoms with Crippen LogP contribution in [0.15, 0.2) is 34.9 Å². The van der Waals surface area contributed by atoms with Crippen LogP contribution in [0.5, 0.6) is 0 Å². The highest BCUT2D eigenvalue weighted by Crippen LogP contribution is 2.31. The lowest BCUT2D eigenvalue weighted by molar-refractivity contribution is 0.164. The second-order valence-corrected chi connectivity index (χ2v) is 5.50. The monoisotopic (exact) mass is 262 g/mol. The third kappa shape index (κ3) is 2.42. The minimum atomic E-state index is -0.361. The molecule has 5 heteroatoms. The summed E-state index contributed by atoms with van der Waals surface area (Å²) in [7, 11) is 0. The Morgan fingerprint density at radius 1 is 1.28 bits per heavy atom. The standard InChI is InChI=1S/C13H14N2O2S/c16-11-8-18-7-10(11)13-14-12(15-17-13)6-9-4-2-1-3-5-9/h1-5,10-11,16H,6-8H2. The van der Waals surface area contributed by atoms with Crippen LogP contribution < -0.4 is 0 Å². The van der Waals surface area contributed by atoms with E-state index in [1.54, 1.807) is 11.8 Å². The van der Waals surface area contributed by atoms with Gasteiger partial charge in [-0.05, 0) is 5.56 Å². The number of nitrogens with zero attached hydrogens (tertiary/aromatic N) is 2. The van der Waals surface area contributed by atoms with E-state index in [1.165, 1.54) is 0 Å². The Labute approximate surface area is 109 Å². The molecule has 1 aliphatic rings. The fourth-order valence-corrected chi connectivity index (χ4v) is 3.28. The summed E-state index contributed by atoms with van der Waals surface area (Å²) in [5.41, 5.74) is 1.16. The summed E-state index contributed by atoms with van der Waals surface area (Å²) in [6.07, 6.45) is 0.306. The average Bonchev–Trinajstić information content (AvgIpc) is 2.99. The number of thioether (sulfide) groups is 1. The molecule has 0 saturated carbocycles. The zero-order chi connectivity index (χ0) is 12.4. The Morgan fingerprint density at radius 2 is 2.11 bits per heavy atom. The van der Waals surface area contributed by atoms with Crippen molar-refractivity contribution in [1.82, 2.24) is 10.1 Å². The highest BCUT2D eigenvalue weighted by atomic mass is 32.2. The number of hydrogen-bond acceptors (Lipinski definition) is 5. The molecule has 94 valence electrons. The first-order chi connectivity index (χ1) is 8.83. The van der Waals surface area contributed by atoms with Gasteiger partial charge in [-0.3, -0.25) is 0 Å². The molecule has 1 N–H and O–H groups in total. The molecule has 1 aromatic heterocycles. The van der Waals surface area contributed by atoms with Gasteiger partial charge in [0.2, 0.25) is 5.89 Å². The van der Waals surface area contributed by atoms with E-state index in [9.17, 15) is 5.11 Å². The summed E-state index contributed by atoms with van der Waals surface area (Å²) < 4.78 is 5.26. The van der Waals surface area contributed by atoms with E-state index in [4.69, 9.17) is 4.52 Å². The predicted octanol–water partition coefficient (Wildman–Crippen LogP) is 1.85. The molecule has 0 bridgehead atoms. The van der Waals surface area contributed by atoms with Gasteiger partial charge in [0.15, 0.2) is 5.82 Å². The lowest BCUT2D eigenvalue weighted by atomic mass is 10.1. The molecule has 2 heterocycles. The van der Waals surface area contributed by atoms with Crippen molar-refractivity contribution in [2.45, 2.75) is 18.4 Å². The van der Waals surface area contributed by atoms with E-state index in [-0.39, 0.29) is 12.0 Å². The van der Waals surface area contributed by atoms with Crippen molar-refractivity contribution >= 4 is 11.8 Å². The average molecular weight is 262 g/mol. The molecule has 2 unspecified atom stereocenters. The third-order valence-electron chi connectivity index (χ3n) is 3.06. The quantitative estimate of drug-likeness (QED) is 0.914. The molecule has 0 aliphatic carbocycles. The Balaban J connectivity index is 1.74. The van der Waals surface area contributed by atoms with E-state index in [0.717, 1.165) is 17.1 Å². The summed E-state index contributed by atoms with van der Waals surface area (Å²) in [5.74, 6) is 2.85. The number of benzene rings is 1. The van der Waals surface area contributed by atoms with Gasteiger partial charge in [0, 0.05) is 17.9 Å². The van der Waals surface area contributed by atoms with Crippen LogP contribution in [0.3, 0.4) is 0 Å². The molecule has 2 aromatic rings. The lowest BCUT2D eigenvalue weighted by Gasteiger charge is -2.06.